The maximum atomic E-state index is 10.6. The van der Waals surface area contributed by atoms with Gasteiger partial charge in [-0.3, -0.25) is 4.98 Å². The van der Waals surface area contributed by atoms with Crippen LogP contribution >= 0.6 is 11.6 Å². The van der Waals surface area contributed by atoms with E-state index in [1.165, 1.54) is 23.4 Å². The van der Waals surface area contributed by atoms with Gasteiger partial charge in [-0.2, -0.15) is 5.26 Å². The minimum atomic E-state index is -1.00. The Morgan fingerprint density at radius 1 is 1.14 bits per heavy atom. The molecule has 0 fully saturated rings. The fourth-order valence-electron chi connectivity index (χ4n) is 3.32. The SMILES string of the molecule is Cc1cccc(COc2cc(OCc3cncc(C#N)c3)c(CNC/C=C/C(=O)O)cc2Cl)c1C. The van der Waals surface area contributed by atoms with Gasteiger partial charge in [0.25, 0.3) is 0 Å². The van der Waals surface area contributed by atoms with Crippen molar-refractivity contribution >= 4 is 17.6 Å². The normalized spacial score (nSPS) is 10.8. The Kier molecular flexibility index (Phi) is 9.24. The number of nitrogens with zero attached hydrogens (tertiary/aromatic N) is 2. The molecular formula is C27H26ClN3O4. The topological polar surface area (TPSA) is 104 Å². The van der Waals surface area contributed by atoms with Crippen molar-refractivity contribution in [3.05, 3.63) is 99.3 Å². The minimum absolute atomic E-state index is 0.201. The molecule has 2 aromatic carbocycles. The first kappa shape index (κ1) is 25.8. The van der Waals surface area contributed by atoms with E-state index in [0.29, 0.717) is 41.8 Å². The number of nitriles is 1. The Labute approximate surface area is 209 Å². The lowest BCUT2D eigenvalue weighted by molar-refractivity contribution is -0.131. The van der Waals surface area contributed by atoms with Gasteiger partial charge in [0, 0.05) is 48.8 Å². The summed E-state index contributed by atoms with van der Waals surface area (Å²) in [6, 6.07) is 13.4. The third kappa shape index (κ3) is 7.57. The lowest BCUT2D eigenvalue weighted by Gasteiger charge is -2.17. The molecule has 0 aliphatic carbocycles. The molecule has 0 saturated carbocycles. The molecular weight excluding hydrogens is 466 g/mol. The Morgan fingerprint density at radius 2 is 1.94 bits per heavy atom. The number of nitrogens with one attached hydrogen (secondary N) is 1. The number of aliphatic carboxylic acids is 1. The van der Waals surface area contributed by atoms with Gasteiger partial charge in [-0.1, -0.05) is 35.9 Å². The van der Waals surface area contributed by atoms with E-state index in [1.807, 2.05) is 12.1 Å². The monoisotopic (exact) mass is 491 g/mol. The van der Waals surface area contributed by atoms with Crippen LogP contribution in [0.25, 0.3) is 0 Å². The summed E-state index contributed by atoms with van der Waals surface area (Å²) in [7, 11) is 0. The predicted octanol–water partition coefficient (Wildman–Crippen LogP) is 5.11. The number of aromatic nitrogens is 1. The van der Waals surface area contributed by atoms with Gasteiger partial charge in [0.1, 0.15) is 30.8 Å². The van der Waals surface area contributed by atoms with Crippen molar-refractivity contribution in [2.24, 2.45) is 0 Å². The highest BCUT2D eigenvalue weighted by Gasteiger charge is 2.13. The van der Waals surface area contributed by atoms with Crippen LogP contribution in [-0.2, 0) is 24.6 Å². The first-order chi connectivity index (χ1) is 16.9. The van der Waals surface area contributed by atoms with Gasteiger partial charge in [0.15, 0.2) is 0 Å². The maximum Gasteiger partial charge on any atom is 0.328 e. The van der Waals surface area contributed by atoms with Gasteiger partial charge in [-0.15, -0.1) is 0 Å². The van der Waals surface area contributed by atoms with Crippen molar-refractivity contribution in [1.29, 1.82) is 5.26 Å². The number of ether oxygens (including phenoxy) is 2. The number of carboxylic acid groups (broad SMARTS) is 1. The van der Waals surface area contributed by atoms with Crippen LogP contribution in [-0.4, -0.2) is 22.6 Å². The van der Waals surface area contributed by atoms with Gasteiger partial charge in [-0.25, -0.2) is 4.79 Å². The van der Waals surface area contributed by atoms with E-state index in [9.17, 15) is 4.79 Å². The number of benzene rings is 2. The molecule has 8 heteroatoms. The second-order valence-electron chi connectivity index (χ2n) is 7.89. The molecule has 180 valence electrons. The third-order valence-electron chi connectivity index (χ3n) is 5.37. The van der Waals surface area contributed by atoms with Gasteiger partial charge in [0.2, 0.25) is 0 Å². The molecule has 1 heterocycles. The predicted molar refractivity (Wildman–Crippen MR) is 133 cm³/mol. The zero-order valence-corrected chi connectivity index (χ0v) is 20.3. The molecule has 7 nitrogen and oxygen atoms in total. The first-order valence-corrected chi connectivity index (χ1v) is 11.3. The van der Waals surface area contributed by atoms with E-state index in [1.54, 1.807) is 24.4 Å². The van der Waals surface area contributed by atoms with E-state index in [2.05, 4.69) is 36.3 Å². The highest BCUT2D eigenvalue weighted by atomic mass is 35.5. The number of pyridine rings is 1. The zero-order valence-electron chi connectivity index (χ0n) is 19.5. The number of rotatable bonds is 11. The number of halogens is 1. The van der Waals surface area contributed by atoms with Crippen LogP contribution in [0.2, 0.25) is 5.02 Å². The van der Waals surface area contributed by atoms with Crippen molar-refractivity contribution in [2.75, 3.05) is 6.54 Å². The second kappa shape index (κ2) is 12.6. The molecule has 0 unspecified atom stereocenters. The first-order valence-electron chi connectivity index (χ1n) is 10.9. The summed E-state index contributed by atoms with van der Waals surface area (Å²) in [5.41, 5.74) is 5.40. The molecule has 0 bridgehead atoms. The highest BCUT2D eigenvalue weighted by molar-refractivity contribution is 6.32. The summed E-state index contributed by atoms with van der Waals surface area (Å²) in [6.07, 6.45) is 5.73. The van der Waals surface area contributed by atoms with E-state index in [-0.39, 0.29) is 6.61 Å². The van der Waals surface area contributed by atoms with Crippen molar-refractivity contribution in [3.8, 4) is 17.6 Å². The smallest absolute Gasteiger partial charge is 0.328 e. The summed E-state index contributed by atoms with van der Waals surface area (Å²) in [6.45, 7) is 5.43. The number of carboxylic acids is 1. The van der Waals surface area contributed by atoms with Crippen LogP contribution in [0.1, 0.15) is 33.4 Å². The lowest BCUT2D eigenvalue weighted by Crippen LogP contribution is -2.14. The van der Waals surface area contributed by atoms with Crippen molar-refractivity contribution in [3.63, 3.8) is 0 Å². The van der Waals surface area contributed by atoms with Crippen LogP contribution in [0.15, 0.2) is 60.9 Å². The molecule has 2 N–H and O–H groups in total. The fraction of sp³-hybridized carbons (Fsp3) is 0.222. The molecule has 0 radical (unpaired) electrons. The summed E-state index contributed by atoms with van der Waals surface area (Å²) in [5.74, 6) is 0.0425. The molecule has 3 rings (SSSR count). The largest absolute Gasteiger partial charge is 0.488 e. The lowest BCUT2D eigenvalue weighted by atomic mass is 10.0. The second-order valence-corrected chi connectivity index (χ2v) is 8.30. The van der Waals surface area contributed by atoms with Gasteiger partial charge in [0.05, 0.1) is 10.6 Å². The molecule has 0 saturated heterocycles. The number of hydrogen-bond donors (Lipinski definition) is 2. The fourth-order valence-corrected chi connectivity index (χ4v) is 3.56. The van der Waals surface area contributed by atoms with Gasteiger partial charge in [-0.05, 0) is 42.7 Å². The molecule has 0 atom stereocenters. The average Bonchev–Trinajstić information content (AvgIpc) is 2.84. The number of carbonyl (C=O) groups is 1. The van der Waals surface area contributed by atoms with Crippen molar-refractivity contribution < 1.29 is 19.4 Å². The summed E-state index contributed by atoms with van der Waals surface area (Å²) < 4.78 is 12.1. The van der Waals surface area contributed by atoms with Crippen LogP contribution in [0.5, 0.6) is 11.5 Å². The number of aryl methyl sites for hydroxylation is 1. The van der Waals surface area contributed by atoms with Crippen LogP contribution in [0, 0.1) is 25.2 Å². The maximum absolute atomic E-state index is 10.6. The van der Waals surface area contributed by atoms with E-state index < -0.39 is 5.97 Å². The molecule has 0 aliphatic rings. The highest BCUT2D eigenvalue weighted by Crippen LogP contribution is 2.34. The molecule has 0 spiro atoms. The Bertz CT molecular complexity index is 1270. The van der Waals surface area contributed by atoms with Crippen molar-refractivity contribution in [1.82, 2.24) is 10.3 Å². The van der Waals surface area contributed by atoms with Gasteiger partial charge >= 0.3 is 5.97 Å². The standard InChI is InChI=1S/C27H26ClN3O4/c1-18-5-3-6-22(19(18)2)17-35-26-11-25(34-16-21-9-20(12-29)13-31-14-21)23(10-24(26)28)15-30-8-4-7-27(32)33/h3-7,9-11,13-14,30H,8,15-17H2,1-2H3,(H,32,33)/b7-4+. The van der Waals surface area contributed by atoms with E-state index in [0.717, 1.165) is 22.8 Å². The summed E-state index contributed by atoms with van der Waals surface area (Å²) in [5, 5.41) is 21.4. The molecule has 0 aliphatic heterocycles. The molecule has 0 amide bonds. The van der Waals surface area contributed by atoms with Gasteiger partial charge < -0.3 is 19.9 Å². The minimum Gasteiger partial charge on any atom is -0.488 e. The van der Waals surface area contributed by atoms with Crippen molar-refractivity contribution in [2.45, 2.75) is 33.6 Å². The molecule has 1 aromatic heterocycles. The van der Waals surface area contributed by atoms with Crippen LogP contribution in [0.4, 0.5) is 0 Å². The summed E-state index contributed by atoms with van der Waals surface area (Å²) in [4.78, 5) is 14.7. The molecule has 3 aromatic rings. The Hall–Kier alpha value is -3.86. The van der Waals surface area contributed by atoms with Crippen LogP contribution in [0.3, 0.4) is 0 Å². The molecule has 35 heavy (non-hydrogen) atoms. The van der Waals surface area contributed by atoms with E-state index >= 15 is 0 Å². The number of hydrogen-bond acceptors (Lipinski definition) is 6. The Morgan fingerprint density at radius 3 is 2.71 bits per heavy atom. The average molecular weight is 492 g/mol. The quantitative estimate of drug-likeness (QED) is 0.283. The Balaban J connectivity index is 1.80. The van der Waals surface area contributed by atoms with Crippen LogP contribution < -0.4 is 14.8 Å². The zero-order chi connectivity index (χ0) is 25.2. The third-order valence-corrected chi connectivity index (χ3v) is 5.67. The summed E-state index contributed by atoms with van der Waals surface area (Å²) >= 11 is 6.53. The van der Waals surface area contributed by atoms with E-state index in [4.69, 9.17) is 31.4 Å².